The molecule has 0 radical (unpaired) electrons. The van der Waals surface area contributed by atoms with Crippen LogP contribution < -0.4 is 0 Å². The van der Waals surface area contributed by atoms with Crippen molar-refractivity contribution in [2.45, 2.75) is 0 Å². The van der Waals surface area contributed by atoms with Gasteiger partial charge < -0.3 is 5.11 Å². The molecule has 0 aliphatic rings. The molecule has 1 rings (SSSR count). The van der Waals surface area contributed by atoms with Crippen LogP contribution in [0.15, 0.2) is 30.3 Å². The fourth-order valence-electron chi connectivity index (χ4n) is 0.428. The maximum absolute atomic E-state index is 8.63. The summed E-state index contributed by atoms with van der Waals surface area (Å²) in [5, 5.41) is 8.63. The molecule has 60 valence electrons. The monoisotopic (exact) mass is 446 g/mol. The molecule has 0 unspecified atom stereocenters. The number of rotatable bonds is 0. The van der Waals surface area contributed by atoms with Crippen LogP contribution in [-0.2, 0) is 19.8 Å². The van der Waals surface area contributed by atoms with Crippen LogP contribution >= 0.6 is 34.0 Å². The number of aromatic hydroxyl groups is 1. The van der Waals surface area contributed by atoms with Crippen LogP contribution in [0.5, 0.6) is 5.75 Å². The zero-order chi connectivity index (χ0) is 5.11. The number of benzene rings is 1. The van der Waals surface area contributed by atoms with Gasteiger partial charge in [-0.25, -0.2) is 0 Å². The Hall–Kier alpha value is 0.616. The average Bonchev–Trinajstić information content (AvgIpc) is 1.69. The quantitative estimate of drug-likeness (QED) is 0.650. The predicted octanol–water partition coefficient (Wildman–Crippen LogP) is 2.55. The summed E-state index contributed by atoms with van der Waals surface area (Å²) in [4.78, 5) is 0. The Morgan fingerprint density at radius 3 is 1.50 bits per heavy atom. The van der Waals surface area contributed by atoms with E-state index in [0.29, 0.717) is 5.75 Å². The molecule has 0 aliphatic heterocycles. The Morgan fingerprint density at radius 1 is 0.900 bits per heavy atom. The molecular weight excluding hydrogens is 438 g/mol. The van der Waals surface area contributed by atoms with E-state index >= 15 is 0 Å². The van der Waals surface area contributed by atoms with Crippen LogP contribution in [0.1, 0.15) is 0 Å². The second-order valence-electron chi connectivity index (χ2n) is 1.34. The molecule has 0 atom stereocenters. The summed E-state index contributed by atoms with van der Waals surface area (Å²) in [6.07, 6.45) is 0. The van der Waals surface area contributed by atoms with E-state index in [1.165, 1.54) is 0 Å². The van der Waals surface area contributed by atoms with Crippen molar-refractivity contribution >= 4 is 34.0 Å². The smallest absolute Gasteiger partial charge is 0.115 e. The Labute approximate surface area is 94.4 Å². The first kappa shape index (κ1) is 16.9. The molecule has 1 nitrogen and oxygen atoms in total. The van der Waals surface area contributed by atoms with Gasteiger partial charge in [-0.2, -0.15) is 0 Å². The molecule has 0 saturated heterocycles. The Kier molecular flexibility index (Phi) is 16.3. The first-order valence-corrected chi connectivity index (χ1v) is 2.13. The van der Waals surface area contributed by atoms with Crippen molar-refractivity contribution in [2.75, 3.05) is 0 Å². The molecule has 0 aliphatic carbocycles. The van der Waals surface area contributed by atoms with Gasteiger partial charge in [-0.05, 0) is 12.1 Å². The van der Waals surface area contributed by atoms with E-state index < -0.39 is 0 Å². The van der Waals surface area contributed by atoms with Crippen LogP contribution in [0, 0.1) is 0 Å². The van der Waals surface area contributed by atoms with Crippen LogP contribution in [-0.4, -0.2) is 5.11 Å². The number of para-hydroxylation sites is 1. The summed E-state index contributed by atoms with van der Waals surface area (Å²) in [5.74, 6) is 0.322. The van der Waals surface area contributed by atoms with Crippen LogP contribution in [0.2, 0.25) is 0 Å². The van der Waals surface area contributed by atoms with Crippen molar-refractivity contribution in [1.82, 2.24) is 0 Å². The van der Waals surface area contributed by atoms with Crippen molar-refractivity contribution in [3.05, 3.63) is 30.3 Å². The van der Waals surface area contributed by atoms with Gasteiger partial charge in [-0.3, -0.25) is 0 Å². The fourth-order valence-corrected chi connectivity index (χ4v) is 0.428. The van der Waals surface area contributed by atoms with E-state index in [9.17, 15) is 0 Å². The zero-order valence-electron chi connectivity index (χ0n) is 5.00. The second kappa shape index (κ2) is 9.62. The van der Waals surface area contributed by atoms with Gasteiger partial charge in [0.05, 0.1) is 0 Å². The molecule has 0 saturated carbocycles. The first-order valence-electron chi connectivity index (χ1n) is 2.13. The minimum atomic E-state index is 0. The predicted molar refractivity (Wildman–Crippen MR) is 48.8 cm³/mol. The van der Waals surface area contributed by atoms with E-state index in [1.807, 2.05) is 6.07 Å². The molecule has 1 aromatic carbocycles. The van der Waals surface area contributed by atoms with Crippen molar-refractivity contribution in [3.8, 4) is 5.75 Å². The van der Waals surface area contributed by atoms with Gasteiger partial charge in [-0.1, -0.05) is 18.2 Å². The number of hydrogen-bond donors (Lipinski definition) is 1. The molecule has 0 bridgehead atoms. The van der Waals surface area contributed by atoms with Crippen molar-refractivity contribution in [1.29, 1.82) is 0 Å². The molecular formula is C6H8Br2OOs. The van der Waals surface area contributed by atoms with Gasteiger partial charge in [-0.15, -0.1) is 34.0 Å². The van der Waals surface area contributed by atoms with Crippen LogP contribution in [0.25, 0.3) is 0 Å². The number of halogens is 2. The van der Waals surface area contributed by atoms with Crippen LogP contribution in [0.4, 0.5) is 0 Å². The minimum absolute atomic E-state index is 0. The number of phenolic OH excluding ortho intramolecular Hbond substituents is 1. The molecule has 4 heteroatoms. The molecule has 0 fully saturated rings. The maximum atomic E-state index is 8.63. The van der Waals surface area contributed by atoms with Gasteiger partial charge in [0.1, 0.15) is 5.75 Å². The summed E-state index contributed by atoms with van der Waals surface area (Å²) in [5.41, 5.74) is 0. The van der Waals surface area contributed by atoms with Crippen molar-refractivity contribution in [2.24, 2.45) is 0 Å². The summed E-state index contributed by atoms with van der Waals surface area (Å²) in [6.45, 7) is 0. The van der Waals surface area contributed by atoms with E-state index in [2.05, 4.69) is 0 Å². The molecule has 1 N–H and O–H groups in total. The van der Waals surface area contributed by atoms with Crippen LogP contribution in [0.3, 0.4) is 0 Å². The molecule has 0 heterocycles. The maximum Gasteiger partial charge on any atom is 0.115 e. The van der Waals surface area contributed by atoms with Crippen molar-refractivity contribution < 1.29 is 24.9 Å². The van der Waals surface area contributed by atoms with Crippen molar-refractivity contribution in [3.63, 3.8) is 0 Å². The first-order chi connectivity index (χ1) is 3.39. The van der Waals surface area contributed by atoms with Gasteiger partial charge >= 0.3 is 0 Å². The summed E-state index contributed by atoms with van der Waals surface area (Å²) in [7, 11) is 0. The molecule has 10 heavy (non-hydrogen) atoms. The van der Waals surface area contributed by atoms with Gasteiger partial charge in [0.25, 0.3) is 0 Å². The third-order valence-electron chi connectivity index (χ3n) is 0.756. The molecule has 0 spiro atoms. The standard InChI is InChI=1S/C6H6O.2BrH.Os/c7-6-4-2-1-3-5-6;;;/h1-5,7H;2*1H;. The van der Waals surface area contributed by atoms with E-state index in [0.717, 1.165) is 0 Å². The summed E-state index contributed by atoms with van der Waals surface area (Å²) in [6, 6.07) is 8.71. The van der Waals surface area contributed by atoms with E-state index in [-0.39, 0.29) is 53.8 Å². The van der Waals surface area contributed by atoms with Gasteiger partial charge in [0.2, 0.25) is 0 Å². The SMILES string of the molecule is Br.Br.Oc1ccccc1.[Os]. The molecule has 1 aromatic rings. The minimum Gasteiger partial charge on any atom is -0.508 e. The number of hydrogen-bond acceptors (Lipinski definition) is 1. The number of phenols is 1. The zero-order valence-corrected chi connectivity index (χ0v) is 11.0. The largest absolute Gasteiger partial charge is 0.508 e. The molecule has 0 aromatic heterocycles. The summed E-state index contributed by atoms with van der Waals surface area (Å²) >= 11 is 0. The third kappa shape index (κ3) is 6.73. The third-order valence-corrected chi connectivity index (χ3v) is 0.756. The Balaban J connectivity index is -0.000000163. The Morgan fingerprint density at radius 2 is 1.30 bits per heavy atom. The fraction of sp³-hybridized carbons (Fsp3) is 0. The van der Waals surface area contributed by atoms with Gasteiger partial charge in [0.15, 0.2) is 0 Å². The molecule has 0 amide bonds. The topological polar surface area (TPSA) is 20.2 Å². The average molecular weight is 446 g/mol. The van der Waals surface area contributed by atoms with E-state index in [4.69, 9.17) is 5.11 Å². The summed E-state index contributed by atoms with van der Waals surface area (Å²) < 4.78 is 0. The Bertz CT molecular complexity index is 146. The van der Waals surface area contributed by atoms with E-state index in [1.54, 1.807) is 24.3 Å². The second-order valence-corrected chi connectivity index (χ2v) is 1.34. The van der Waals surface area contributed by atoms with Gasteiger partial charge in [0, 0.05) is 19.8 Å². The normalized spacial score (nSPS) is 6.00.